The van der Waals surface area contributed by atoms with E-state index in [0.717, 1.165) is 0 Å². The van der Waals surface area contributed by atoms with E-state index in [0.29, 0.717) is 0 Å². The van der Waals surface area contributed by atoms with Gasteiger partial charge in [-0.15, -0.1) is 0 Å². The summed E-state index contributed by atoms with van der Waals surface area (Å²) in [6.07, 6.45) is -0.388. The summed E-state index contributed by atoms with van der Waals surface area (Å²) in [5.41, 5.74) is 12.9. The molecule has 2 amide bonds. The van der Waals surface area contributed by atoms with Gasteiger partial charge in [-0.2, -0.15) is 0 Å². The van der Waals surface area contributed by atoms with E-state index in [1.54, 1.807) is 20.8 Å². The molecule has 0 aliphatic carbocycles. The number of azide groups is 1. The number of primary amides is 1. The lowest BCUT2D eigenvalue weighted by Gasteiger charge is -2.27. The highest BCUT2D eigenvalue weighted by Gasteiger charge is 2.40. The van der Waals surface area contributed by atoms with Crippen LogP contribution < -0.4 is 5.73 Å². The Labute approximate surface area is 105 Å². The summed E-state index contributed by atoms with van der Waals surface area (Å²) in [4.78, 5) is 27.0. The second kappa shape index (κ2) is 5.14. The molecule has 1 aliphatic rings. The fourth-order valence-corrected chi connectivity index (χ4v) is 1.76. The van der Waals surface area contributed by atoms with Crippen LogP contribution in [0.3, 0.4) is 0 Å². The molecule has 1 saturated heterocycles. The van der Waals surface area contributed by atoms with Crippen molar-refractivity contribution >= 4 is 12.0 Å². The van der Waals surface area contributed by atoms with Crippen molar-refractivity contribution in [3.63, 3.8) is 0 Å². The number of nitrogens with two attached hydrogens (primary N) is 1. The van der Waals surface area contributed by atoms with Crippen LogP contribution in [0.1, 0.15) is 27.2 Å². The third-order valence-corrected chi connectivity index (χ3v) is 2.45. The fourth-order valence-electron chi connectivity index (χ4n) is 1.76. The number of amides is 2. The topological polar surface area (TPSA) is 121 Å². The Balaban J connectivity index is 2.81. The molecule has 1 aliphatic heterocycles. The third kappa shape index (κ3) is 3.53. The van der Waals surface area contributed by atoms with Crippen LogP contribution in [0.15, 0.2) is 5.11 Å². The van der Waals surface area contributed by atoms with Gasteiger partial charge in [0.2, 0.25) is 5.91 Å². The highest BCUT2D eigenvalue weighted by molar-refractivity contribution is 5.85. The number of likely N-dealkylation sites (tertiary alicyclic amines) is 1. The SMILES string of the molecule is CC(C)(C)OC(=O)N1C[C@H](N=[N+]=[N-])C[C@H]1C(N)=O. The van der Waals surface area contributed by atoms with Gasteiger partial charge in [0.15, 0.2) is 0 Å². The Morgan fingerprint density at radius 2 is 2.11 bits per heavy atom. The van der Waals surface area contributed by atoms with Gasteiger partial charge in [0.25, 0.3) is 0 Å². The van der Waals surface area contributed by atoms with Crippen LogP contribution in [-0.2, 0) is 9.53 Å². The summed E-state index contributed by atoms with van der Waals surface area (Å²) < 4.78 is 5.17. The molecule has 0 spiro atoms. The lowest BCUT2D eigenvalue weighted by molar-refractivity contribution is -0.122. The molecule has 2 N–H and O–H groups in total. The summed E-state index contributed by atoms with van der Waals surface area (Å²) in [5, 5.41) is 3.51. The van der Waals surface area contributed by atoms with Gasteiger partial charge in [-0.25, -0.2) is 4.79 Å². The number of nitrogens with zero attached hydrogens (tertiary/aromatic N) is 4. The highest BCUT2D eigenvalue weighted by atomic mass is 16.6. The monoisotopic (exact) mass is 255 g/mol. The van der Waals surface area contributed by atoms with Crippen LogP contribution in [0.25, 0.3) is 10.4 Å². The summed E-state index contributed by atoms with van der Waals surface area (Å²) in [6.45, 7) is 5.33. The minimum absolute atomic E-state index is 0.145. The van der Waals surface area contributed by atoms with E-state index in [2.05, 4.69) is 10.0 Å². The molecule has 18 heavy (non-hydrogen) atoms. The molecule has 1 rings (SSSR count). The van der Waals surface area contributed by atoms with E-state index < -0.39 is 29.7 Å². The van der Waals surface area contributed by atoms with Crippen LogP contribution in [0.4, 0.5) is 4.79 Å². The molecule has 0 bridgehead atoms. The van der Waals surface area contributed by atoms with E-state index in [1.165, 1.54) is 4.90 Å². The van der Waals surface area contributed by atoms with E-state index in [1.807, 2.05) is 0 Å². The maximum atomic E-state index is 11.9. The van der Waals surface area contributed by atoms with Crippen LogP contribution in [0.2, 0.25) is 0 Å². The lowest BCUT2D eigenvalue weighted by atomic mass is 10.2. The van der Waals surface area contributed by atoms with Gasteiger partial charge in [-0.05, 0) is 32.7 Å². The average Bonchev–Trinajstić information content (AvgIpc) is 2.59. The quantitative estimate of drug-likeness (QED) is 0.452. The maximum Gasteiger partial charge on any atom is 0.410 e. The van der Waals surface area contributed by atoms with Gasteiger partial charge in [0.1, 0.15) is 11.6 Å². The minimum atomic E-state index is -0.782. The second-order valence-electron chi connectivity index (χ2n) is 5.15. The van der Waals surface area contributed by atoms with Crippen molar-refractivity contribution in [1.29, 1.82) is 0 Å². The maximum absolute atomic E-state index is 11.9. The molecule has 0 aromatic heterocycles. The third-order valence-electron chi connectivity index (χ3n) is 2.45. The molecule has 0 aromatic rings. The first-order valence-electron chi connectivity index (χ1n) is 5.57. The van der Waals surface area contributed by atoms with Crippen molar-refractivity contribution in [3.8, 4) is 0 Å². The van der Waals surface area contributed by atoms with Gasteiger partial charge < -0.3 is 10.5 Å². The molecule has 1 heterocycles. The molecule has 1 fully saturated rings. The molecule has 100 valence electrons. The number of carbonyl (C=O) groups is 2. The summed E-state index contributed by atoms with van der Waals surface area (Å²) >= 11 is 0. The van der Waals surface area contributed by atoms with Crippen molar-refractivity contribution in [2.45, 2.75) is 44.9 Å². The predicted molar refractivity (Wildman–Crippen MR) is 63.5 cm³/mol. The summed E-state index contributed by atoms with van der Waals surface area (Å²) in [5.74, 6) is -0.628. The van der Waals surface area contributed by atoms with Crippen LogP contribution in [0.5, 0.6) is 0 Å². The van der Waals surface area contributed by atoms with E-state index in [9.17, 15) is 9.59 Å². The first kappa shape index (κ1) is 14.1. The largest absolute Gasteiger partial charge is 0.444 e. The Bertz CT molecular complexity index is 397. The van der Waals surface area contributed by atoms with Crippen LogP contribution in [-0.4, -0.2) is 41.1 Å². The predicted octanol–water partition coefficient (Wildman–Crippen LogP) is 1.16. The molecular weight excluding hydrogens is 238 g/mol. The van der Waals surface area contributed by atoms with E-state index in [-0.39, 0.29) is 13.0 Å². The summed E-state index contributed by atoms with van der Waals surface area (Å²) in [6, 6.07) is -1.23. The molecular formula is C10H17N5O3. The lowest BCUT2D eigenvalue weighted by Crippen LogP contribution is -2.45. The zero-order chi connectivity index (χ0) is 13.9. The second-order valence-corrected chi connectivity index (χ2v) is 5.15. The standard InChI is InChI=1S/C10H17N5O3/c1-10(2,3)18-9(17)15-5-6(13-14-12)4-7(15)8(11)16/h6-7H,4-5H2,1-3H3,(H2,11,16)/t6-,7+/m1/s1. The average molecular weight is 255 g/mol. The van der Waals surface area contributed by atoms with Crippen molar-refractivity contribution in [1.82, 2.24) is 4.90 Å². The van der Waals surface area contributed by atoms with Gasteiger partial charge in [-0.3, -0.25) is 9.69 Å². The van der Waals surface area contributed by atoms with Gasteiger partial charge in [0, 0.05) is 11.5 Å². The first-order valence-corrected chi connectivity index (χ1v) is 5.57. The fraction of sp³-hybridized carbons (Fsp3) is 0.800. The van der Waals surface area contributed by atoms with E-state index >= 15 is 0 Å². The molecule has 8 heteroatoms. The molecule has 8 nitrogen and oxygen atoms in total. The smallest absolute Gasteiger partial charge is 0.410 e. The van der Waals surface area contributed by atoms with Gasteiger partial charge in [0.05, 0.1) is 6.04 Å². The number of rotatable bonds is 2. The Morgan fingerprint density at radius 3 is 2.56 bits per heavy atom. The molecule has 0 unspecified atom stereocenters. The number of hydrogen-bond donors (Lipinski definition) is 1. The van der Waals surface area contributed by atoms with Crippen molar-refractivity contribution in [3.05, 3.63) is 10.4 Å². The number of hydrogen-bond acceptors (Lipinski definition) is 4. The Morgan fingerprint density at radius 1 is 1.50 bits per heavy atom. The number of carbonyl (C=O) groups excluding carboxylic acids is 2. The van der Waals surface area contributed by atoms with Crippen LogP contribution in [0, 0.1) is 0 Å². The zero-order valence-electron chi connectivity index (χ0n) is 10.7. The van der Waals surface area contributed by atoms with E-state index in [4.69, 9.17) is 16.0 Å². The Kier molecular flexibility index (Phi) is 4.03. The molecule has 0 aromatic carbocycles. The molecule has 0 saturated carbocycles. The van der Waals surface area contributed by atoms with Crippen molar-refractivity contribution in [2.24, 2.45) is 10.8 Å². The van der Waals surface area contributed by atoms with Crippen molar-refractivity contribution < 1.29 is 14.3 Å². The van der Waals surface area contributed by atoms with Crippen LogP contribution >= 0.6 is 0 Å². The molecule has 0 radical (unpaired) electrons. The van der Waals surface area contributed by atoms with Crippen molar-refractivity contribution in [2.75, 3.05) is 6.54 Å². The summed E-state index contributed by atoms with van der Waals surface area (Å²) in [7, 11) is 0. The molecule has 2 atom stereocenters. The normalized spacial score (nSPS) is 23.4. The number of ether oxygens (including phenoxy) is 1. The Hall–Kier alpha value is -1.95. The highest BCUT2D eigenvalue weighted by Crippen LogP contribution is 2.23. The first-order chi connectivity index (χ1) is 8.24. The minimum Gasteiger partial charge on any atom is -0.444 e. The van der Waals surface area contributed by atoms with Gasteiger partial charge in [-0.1, -0.05) is 5.11 Å². The van der Waals surface area contributed by atoms with Gasteiger partial charge >= 0.3 is 6.09 Å². The zero-order valence-corrected chi connectivity index (χ0v) is 10.7.